The minimum atomic E-state index is -0.484. The largest absolute Gasteiger partial charge is 0.325 e. The second kappa shape index (κ2) is 4.50. The quantitative estimate of drug-likeness (QED) is 0.749. The summed E-state index contributed by atoms with van der Waals surface area (Å²) in [5.41, 5.74) is 0.486. The Bertz CT molecular complexity index is 363. The van der Waals surface area contributed by atoms with E-state index in [0.717, 1.165) is 6.07 Å². The molecule has 0 aliphatic rings. The van der Waals surface area contributed by atoms with Crippen molar-refractivity contribution in [1.82, 2.24) is 0 Å². The number of hydrogen-bond acceptors (Lipinski definition) is 2. The summed E-state index contributed by atoms with van der Waals surface area (Å²) in [6.07, 6.45) is 0.861. The molecule has 74 valence electrons. The third kappa shape index (κ3) is 2.39. The molecular formula is C10H10FNO2. The first-order valence-corrected chi connectivity index (χ1v) is 4.22. The predicted octanol–water partition coefficient (Wildman–Crippen LogP) is 1.99. The number of halogens is 1. The Balaban J connectivity index is 2.98. The molecule has 0 aliphatic heterocycles. The Morgan fingerprint density at radius 3 is 2.86 bits per heavy atom. The van der Waals surface area contributed by atoms with Crippen molar-refractivity contribution in [1.29, 1.82) is 0 Å². The van der Waals surface area contributed by atoms with Crippen LogP contribution in [0.5, 0.6) is 0 Å². The molecule has 1 aromatic carbocycles. The third-order valence-corrected chi connectivity index (χ3v) is 1.74. The van der Waals surface area contributed by atoms with Gasteiger partial charge < -0.3 is 5.32 Å². The second-order valence-electron chi connectivity index (χ2n) is 2.75. The molecule has 3 nitrogen and oxygen atoms in total. The van der Waals surface area contributed by atoms with Crippen molar-refractivity contribution in [3.8, 4) is 0 Å². The van der Waals surface area contributed by atoms with E-state index in [4.69, 9.17) is 0 Å². The van der Waals surface area contributed by atoms with Gasteiger partial charge in [-0.15, -0.1) is 0 Å². The van der Waals surface area contributed by atoms with E-state index in [1.807, 2.05) is 0 Å². The molecule has 4 heteroatoms. The van der Waals surface area contributed by atoms with Crippen LogP contribution < -0.4 is 5.32 Å². The van der Waals surface area contributed by atoms with Crippen LogP contribution in [0.1, 0.15) is 23.7 Å². The molecule has 0 aromatic heterocycles. The molecular weight excluding hydrogens is 185 g/mol. The normalized spacial score (nSPS) is 9.57. The van der Waals surface area contributed by atoms with Crippen LogP contribution in [0.4, 0.5) is 10.1 Å². The number of carbonyl (C=O) groups excluding carboxylic acids is 2. The number of carbonyl (C=O) groups is 2. The number of hydrogen-bond donors (Lipinski definition) is 1. The molecule has 14 heavy (non-hydrogen) atoms. The average Bonchev–Trinajstić information content (AvgIpc) is 2.18. The second-order valence-corrected chi connectivity index (χ2v) is 2.75. The van der Waals surface area contributed by atoms with Gasteiger partial charge in [0.15, 0.2) is 6.29 Å². The fraction of sp³-hybridized carbons (Fsp3) is 0.200. The van der Waals surface area contributed by atoms with Crippen LogP contribution in [0.2, 0.25) is 0 Å². The highest BCUT2D eigenvalue weighted by Crippen LogP contribution is 2.15. The maximum atomic E-state index is 12.8. The maximum Gasteiger partial charge on any atom is 0.224 e. The highest BCUT2D eigenvalue weighted by atomic mass is 19.1. The molecule has 0 unspecified atom stereocenters. The molecule has 0 fully saturated rings. The standard InChI is InChI=1S/C10H10FNO2/c1-2-10(14)12-9-5-8(11)4-3-7(9)6-13/h3-6H,2H2,1H3,(H,12,14). The van der Waals surface area contributed by atoms with E-state index in [0.29, 0.717) is 6.29 Å². The van der Waals surface area contributed by atoms with Gasteiger partial charge in [0.1, 0.15) is 5.82 Å². The molecule has 0 saturated heterocycles. The Hall–Kier alpha value is -1.71. The zero-order valence-corrected chi connectivity index (χ0v) is 7.71. The Morgan fingerprint density at radius 1 is 1.57 bits per heavy atom. The van der Waals surface area contributed by atoms with Crippen LogP contribution in [0, 0.1) is 5.82 Å². The van der Waals surface area contributed by atoms with Gasteiger partial charge in [-0.05, 0) is 18.2 Å². The van der Waals surface area contributed by atoms with Crippen molar-refractivity contribution < 1.29 is 14.0 Å². The summed E-state index contributed by atoms with van der Waals surface area (Å²) >= 11 is 0. The monoisotopic (exact) mass is 195 g/mol. The first-order chi connectivity index (χ1) is 6.67. The lowest BCUT2D eigenvalue weighted by atomic mass is 10.2. The maximum absolute atomic E-state index is 12.8. The van der Waals surface area contributed by atoms with Crippen LogP contribution in [0.25, 0.3) is 0 Å². The zero-order chi connectivity index (χ0) is 10.6. The summed E-state index contributed by atoms with van der Waals surface area (Å²) in [4.78, 5) is 21.5. The van der Waals surface area contributed by atoms with E-state index >= 15 is 0 Å². The van der Waals surface area contributed by atoms with Gasteiger partial charge in [0.25, 0.3) is 0 Å². The molecule has 1 amide bonds. The van der Waals surface area contributed by atoms with Crippen molar-refractivity contribution >= 4 is 17.9 Å². The van der Waals surface area contributed by atoms with Crippen LogP contribution >= 0.6 is 0 Å². The van der Waals surface area contributed by atoms with Crippen molar-refractivity contribution in [2.24, 2.45) is 0 Å². The molecule has 1 aromatic rings. The summed E-state index contributed by atoms with van der Waals surface area (Å²) in [7, 11) is 0. The van der Waals surface area contributed by atoms with E-state index in [9.17, 15) is 14.0 Å². The SMILES string of the molecule is CCC(=O)Nc1cc(F)ccc1C=O. The molecule has 0 aliphatic carbocycles. The Labute approximate surface area is 80.9 Å². The smallest absolute Gasteiger partial charge is 0.224 e. The molecule has 0 atom stereocenters. The molecule has 1 rings (SSSR count). The number of rotatable bonds is 3. The summed E-state index contributed by atoms with van der Waals surface area (Å²) in [5.74, 6) is -0.735. The average molecular weight is 195 g/mol. The number of anilines is 1. The number of nitrogens with one attached hydrogen (secondary N) is 1. The minimum Gasteiger partial charge on any atom is -0.325 e. The summed E-state index contributed by atoms with van der Waals surface area (Å²) in [6, 6.07) is 3.62. The van der Waals surface area contributed by atoms with Crippen molar-refractivity contribution in [2.45, 2.75) is 13.3 Å². The number of aldehydes is 1. The fourth-order valence-electron chi connectivity index (χ4n) is 0.978. The van der Waals surface area contributed by atoms with Crippen molar-refractivity contribution in [3.63, 3.8) is 0 Å². The molecule has 0 heterocycles. The number of benzene rings is 1. The molecule has 0 saturated carbocycles. The molecule has 0 spiro atoms. The lowest BCUT2D eigenvalue weighted by Gasteiger charge is -2.05. The molecule has 1 N–H and O–H groups in total. The Morgan fingerprint density at radius 2 is 2.29 bits per heavy atom. The predicted molar refractivity (Wildman–Crippen MR) is 50.7 cm³/mol. The first-order valence-electron chi connectivity index (χ1n) is 4.22. The zero-order valence-electron chi connectivity index (χ0n) is 7.71. The highest BCUT2D eigenvalue weighted by molar-refractivity contribution is 5.96. The van der Waals surface area contributed by atoms with Crippen LogP contribution in [0.15, 0.2) is 18.2 Å². The number of amides is 1. The van der Waals surface area contributed by atoms with E-state index in [2.05, 4.69) is 5.32 Å². The van der Waals surface area contributed by atoms with Gasteiger partial charge in [0, 0.05) is 12.0 Å². The lowest BCUT2D eigenvalue weighted by molar-refractivity contribution is -0.115. The van der Waals surface area contributed by atoms with Crippen LogP contribution in [-0.4, -0.2) is 12.2 Å². The van der Waals surface area contributed by atoms with E-state index in [-0.39, 0.29) is 23.6 Å². The summed E-state index contributed by atoms with van der Waals surface area (Å²) in [6.45, 7) is 1.68. The Kier molecular flexibility index (Phi) is 3.34. The van der Waals surface area contributed by atoms with Crippen LogP contribution in [-0.2, 0) is 4.79 Å². The lowest BCUT2D eigenvalue weighted by Crippen LogP contribution is -2.11. The first kappa shape index (κ1) is 10.4. The van der Waals surface area contributed by atoms with Gasteiger partial charge in [-0.1, -0.05) is 6.92 Å². The van der Waals surface area contributed by atoms with Gasteiger partial charge in [-0.3, -0.25) is 9.59 Å². The third-order valence-electron chi connectivity index (χ3n) is 1.74. The van der Waals surface area contributed by atoms with Gasteiger partial charge in [0.05, 0.1) is 5.69 Å². The van der Waals surface area contributed by atoms with Gasteiger partial charge in [-0.2, -0.15) is 0 Å². The fourth-order valence-corrected chi connectivity index (χ4v) is 0.978. The van der Waals surface area contributed by atoms with Crippen LogP contribution in [0.3, 0.4) is 0 Å². The molecule has 0 radical (unpaired) electrons. The van der Waals surface area contributed by atoms with Gasteiger partial charge in [-0.25, -0.2) is 4.39 Å². The van der Waals surface area contributed by atoms with E-state index in [1.54, 1.807) is 6.92 Å². The minimum absolute atomic E-state index is 0.215. The van der Waals surface area contributed by atoms with Gasteiger partial charge >= 0.3 is 0 Å². The molecule has 0 bridgehead atoms. The van der Waals surface area contributed by atoms with E-state index < -0.39 is 5.82 Å². The van der Waals surface area contributed by atoms with Crippen molar-refractivity contribution in [2.75, 3.05) is 5.32 Å². The van der Waals surface area contributed by atoms with Gasteiger partial charge in [0.2, 0.25) is 5.91 Å². The van der Waals surface area contributed by atoms with E-state index in [1.165, 1.54) is 12.1 Å². The highest BCUT2D eigenvalue weighted by Gasteiger charge is 2.05. The summed E-state index contributed by atoms with van der Waals surface area (Å²) in [5, 5.41) is 2.44. The van der Waals surface area contributed by atoms with Crippen molar-refractivity contribution in [3.05, 3.63) is 29.6 Å². The summed E-state index contributed by atoms with van der Waals surface area (Å²) < 4.78 is 12.8. The topological polar surface area (TPSA) is 46.2 Å².